The van der Waals surface area contributed by atoms with Gasteiger partial charge in [0, 0.05) is 10.8 Å². The maximum Gasteiger partial charge on any atom is 0.160 e. The molecule has 0 atom stereocenters. The fourth-order valence-corrected chi connectivity index (χ4v) is 4.34. The number of rotatable bonds is 2. The van der Waals surface area contributed by atoms with Gasteiger partial charge >= 0.3 is 0 Å². The van der Waals surface area contributed by atoms with Crippen molar-refractivity contribution in [3.8, 4) is 11.5 Å². The Balaban J connectivity index is 1.60. The molecule has 0 aliphatic heterocycles. The van der Waals surface area contributed by atoms with Crippen LogP contribution < -0.4 is 16.2 Å². The van der Waals surface area contributed by atoms with E-state index in [4.69, 9.17) is 16.2 Å². The highest BCUT2D eigenvalue weighted by atomic mass is 16.5. The van der Waals surface area contributed by atoms with Crippen molar-refractivity contribution in [1.29, 1.82) is 0 Å². The molecule has 0 radical (unpaired) electrons. The van der Waals surface area contributed by atoms with Crippen LogP contribution in [0.3, 0.4) is 0 Å². The zero-order valence-corrected chi connectivity index (χ0v) is 16.8. The van der Waals surface area contributed by atoms with Gasteiger partial charge in [0.1, 0.15) is 5.75 Å². The summed E-state index contributed by atoms with van der Waals surface area (Å²) < 4.78 is 6.51. The van der Waals surface area contributed by atoms with E-state index in [-0.39, 0.29) is 0 Å². The molecule has 0 aliphatic carbocycles. The van der Waals surface area contributed by atoms with Crippen molar-refractivity contribution in [3.63, 3.8) is 0 Å². The van der Waals surface area contributed by atoms with Gasteiger partial charge in [0.15, 0.2) is 5.75 Å². The van der Waals surface area contributed by atoms with Crippen molar-refractivity contribution in [2.45, 2.75) is 0 Å². The third kappa shape index (κ3) is 2.82. The molecule has 0 saturated carbocycles. The molecule has 0 saturated heterocycles. The van der Waals surface area contributed by atoms with Crippen molar-refractivity contribution in [2.75, 3.05) is 11.5 Å². The lowest BCUT2D eigenvalue weighted by atomic mass is 10.0. The third-order valence-electron chi connectivity index (χ3n) is 5.95. The van der Waals surface area contributed by atoms with Crippen molar-refractivity contribution in [2.24, 2.45) is 0 Å². The number of hydrogen-bond acceptors (Lipinski definition) is 3. The number of fused-ring (bicyclic) bond motifs is 4. The minimum atomic E-state index is 0.459. The Morgan fingerprint density at radius 1 is 0.484 bits per heavy atom. The highest BCUT2D eigenvalue weighted by Crippen LogP contribution is 2.42. The summed E-state index contributed by atoms with van der Waals surface area (Å²) in [5, 5.41) is 8.77. The van der Waals surface area contributed by atoms with Crippen LogP contribution in [0.1, 0.15) is 0 Å². The van der Waals surface area contributed by atoms with Gasteiger partial charge in [-0.05, 0) is 68.7 Å². The van der Waals surface area contributed by atoms with Crippen LogP contribution >= 0.6 is 0 Å². The molecule has 148 valence electrons. The fraction of sp³-hybridized carbons (Fsp3) is 0. The topological polar surface area (TPSA) is 61.3 Å². The molecule has 6 aromatic carbocycles. The van der Waals surface area contributed by atoms with Crippen LogP contribution in [0, 0.1) is 0 Å². The van der Waals surface area contributed by atoms with E-state index < -0.39 is 0 Å². The first kappa shape index (κ1) is 17.6. The van der Waals surface area contributed by atoms with E-state index in [0.29, 0.717) is 17.1 Å². The van der Waals surface area contributed by atoms with Gasteiger partial charge in [-0.1, -0.05) is 60.7 Å². The van der Waals surface area contributed by atoms with Crippen LogP contribution in [-0.2, 0) is 0 Å². The van der Waals surface area contributed by atoms with E-state index in [1.54, 1.807) is 0 Å². The van der Waals surface area contributed by atoms with Gasteiger partial charge in [0.25, 0.3) is 0 Å². The molecular formula is C28H20N2O. The third-order valence-corrected chi connectivity index (χ3v) is 5.95. The Morgan fingerprint density at radius 2 is 1.03 bits per heavy atom. The SMILES string of the molecule is Nc1cc2cc3ccccc3cc2c(Oc2cccc3cc4ccccc4cc23)c1N. The molecule has 6 aromatic rings. The lowest BCUT2D eigenvalue weighted by Crippen LogP contribution is -1.99. The summed E-state index contributed by atoms with van der Waals surface area (Å²) in [4.78, 5) is 0. The normalized spacial score (nSPS) is 11.5. The number of hydrogen-bond donors (Lipinski definition) is 2. The Labute approximate surface area is 179 Å². The molecular weight excluding hydrogens is 380 g/mol. The van der Waals surface area contributed by atoms with Gasteiger partial charge in [0.05, 0.1) is 11.4 Å². The van der Waals surface area contributed by atoms with E-state index in [2.05, 4.69) is 60.7 Å². The molecule has 4 N–H and O–H groups in total. The maximum atomic E-state index is 6.51. The van der Waals surface area contributed by atoms with Gasteiger partial charge in [0.2, 0.25) is 0 Å². The zero-order chi connectivity index (χ0) is 20.9. The quantitative estimate of drug-likeness (QED) is 0.238. The average Bonchev–Trinajstić information content (AvgIpc) is 2.80. The second-order valence-electron chi connectivity index (χ2n) is 7.91. The number of nitrogens with two attached hydrogens (primary N) is 2. The fourth-order valence-electron chi connectivity index (χ4n) is 4.34. The lowest BCUT2D eigenvalue weighted by Gasteiger charge is -2.16. The summed E-state index contributed by atoms with van der Waals surface area (Å²) in [5.74, 6) is 1.36. The van der Waals surface area contributed by atoms with E-state index >= 15 is 0 Å². The molecule has 0 unspecified atom stereocenters. The summed E-state index contributed by atoms with van der Waals surface area (Å²) in [5.41, 5.74) is 13.7. The highest BCUT2D eigenvalue weighted by molar-refractivity contribution is 6.06. The number of nitrogen functional groups attached to an aromatic ring is 2. The molecule has 6 rings (SSSR count). The molecule has 0 bridgehead atoms. The maximum absolute atomic E-state index is 6.51. The van der Waals surface area contributed by atoms with Gasteiger partial charge in [-0.25, -0.2) is 0 Å². The minimum Gasteiger partial charge on any atom is -0.454 e. The monoisotopic (exact) mass is 400 g/mol. The standard InChI is InChI=1S/C28H20N2O/c29-25-16-22-13-18-7-2-4-9-20(18)15-24(22)28(27(25)30)31-26-11-5-10-21-12-17-6-1-3-8-19(17)14-23(21)26/h1-16H,29-30H2. The van der Waals surface area contributed by atoms with Crippen LogP contribution in [0.25, 0.3) is 43.1 Å². The van der Waals surface area contributed by atoms with Crippen molar-refractivity contribution >= 4 is 54.5 Å². The Morgan fingerprint density at radius 3 is 1.71 bits per heavy atom. The smallest absolute Gasteiger partial charge is 0.160 e. The summed E-state index contributed by atoms with van der Waals surface area (Å²) in [6, 6.07) is 33.2. The minimum absolute atomic E-state index is 0.459. The first-order valence-electron chi connectivity index (χ1n) is 10.3. The van der Waals surface area contributed by atoms with Crippen LogP contribution in [0.5, 0.6) is 11.5 Å². The van der Waals surface area contributed by atoms with Gasteiger partial charge in [-0.2, -0.15) is 0 Å². The van der Waals surface area contributed by atoms with Crippen molar-refractivity contribution in [1.82, 2.24) is 0 Å². The van der Waals surface area contributed by atoms with E-state index in [0.717, 1.165) is 38.1 Å². The van der Waals surface area contributed by atoms with Gasteiger partial charge < -0.3 is 16.2 Å². The Hall–Kier alpha value is -4.24. The molecule has 31 heavy (non-hydrogen) atoms. The van der Waals surface area contributed by atoms with E-state index in [1.165, 1.54) is 10.8 Å². The summed E-state index contributed by atoms with van der Waals surface area (Å²) in [7, 11) is 0. The van der Waals surface area contributed by atoms with Crippen LogP contribution in [0.15, 0.2) is 97.1 Å². The second kappa shape index (κ2) is 6.64. The summed E-state index contributed by atoms with van der Waals surface area (Å²) in [6.07, 6.45) is 0. The largest absolute Gasteiger partial charge is 0.454 e. The first-order valence-corrected chi connectivity index (χ1v) is 10.3. The molecule has 0 aliphatic rings. The Kier molecular flexibility index (Phi) is 3.77. The number of ether oxygens (including phenoxy) is 1. The number of anilines is 2. The lowest BCUT2D eigenvalue weighted by molar-refractivity contribution is 0.497. The molecule has 0 fully saturated rings. The zero-order valence-electron chi connectivity index (χ0n) is 16.8. The van der Waals surface area contributed by atoms with Crippen molar-refractivity contribution in [3.05, 3.63) is 97.1 Å². The summed E-state index contributed by atoms with van der Waals surface area (Å²) >= 11 is 0. The first-order chi connectivity index (χ1) is 15.2. The molecule has 3 nitrogen and oxygen atoms in total. The van der Waals surface area contributed by atoms with Gasteiger partial charge in [-0.15, -0.1) is 0 Å². The van der Waals surface area contributed by atoms with Gasteiger partial charge in [-0.3, -0.25) is 0 Å². The summed E-state index contributed by atoms with van der Waals surface area (Å²) in [6.45, 7) is 0. The Bertz CT molecular complexity index is 1640. The number of benzene rings is 6. The highest BCUT2D eigenvalue weighted by Gasteiger charge is 2.14. The molecule has 0 heterocycles. The van der Waals surface area contributed by atoms with Crippen LogP contribution in [0.4, 0.5) is 11.4 Å². The van der Waals surface area contributed by atoms with E-state index in [1.807, 2.05) is 36.4 Å². The predicted octanol–water partition coefficient (Wildman–Crippen LogP) is 7.26. The predicted molar refractivity (Wildman–Crippen MR) is 132 cm³/mol. The molecule has 0 spiro atoms. The van der Waals surface area contributed by atoms with Crippen LogP contribution in [0.2, 0.25) is 0 Å². The van der Waals surface area contributed by atoms with E-state index in [9.17, 15) is 0 Å². The van der Waals surface area contributed by atoms with Crippen molar-refractivity contribution < 1.29 is 4.74 Å². The molecule has 0 aromatic heterocycles. The average molecular weight is 400 g/mol. The van der Waals surface area contributed by atoms with Crippen LogP contribution in [-0.4, -0.2) is 0 Å². The molecule has 3 heteroatoms. The molecule has 0 amide bonds. The second-order valence-corrected chi connectivity index (χ2v) is 7.91.